The Kier molecular flexibility index (Phi) is 5.08. The number of amides is 2. The van der Waals surface area contributed by atoms with Gasteiger partial charge in [-0.2, -0.15) is 5.01 Å². The van der Waals surface area contributed by atoms with Gasteiger partial charge in [0.1, 0.15) is 0 Å². The highest BCUT2D eigenvalue weighted by atomic mass is 16.6. The van der Waals surface area contributed by atoms with Crippen molar-refractivity contribution < 1.29 is 19.2 Å². The second-order valence-electron chi connectivity index (χ2n) is 6.41. The lowest BCUT2D eigenvalue weighted by molar-refractivity contribution is -0.384. The molecule has 28 heavy (non-hydrogen) atoms. The lowest BCUT2D eigenvalue weighted by Crippen LogP contribution is -2.46. The van der Waals surface area contributed by atoms with E-state index in [0.717, 1.165) is 5.01 Å². The zero-order chi connectivity index (χ0) is 20.3. The van der Waals surface area contributed by atoms with E-state index in [9.17, 15) is 19.7 Å². The second-order valence-corrected chi connectivity index (χ2v) is 6.41. The van der Waals surface area contributed by atoms with E-state index in [0.29, 0.717) is 11.3 Å². The van der Waals surface area contributed by atoms with Crippen molar-refractivity contribution >= 4 is 29.1 Å². The van der Waals surface area contributed by atoms with Crippen LogP contribution in [-0.2, 0) is 14.3 Å². The summed E-state index contributed by atoms with van der Waals surface area (Å²) in [6.07, 6.45) is -0.177. The minimum atomic E-state index is -1.36. The van der Waals surface area contributed by atoms with Crippen LogP contribution < -0.4 is 5.32 Å². The molecule has 9 heteroatoms. The van der Waals surface area contributed by atoms with Crippen molar-refractivity contribution in [2.45, 2.75) is 26.0 Å². The lowest BCUT2D eigenvalue weighted by atomic mass is 10.1. The molecule has 0 saturated carbocycles. The van der Waals surface area contributed by atoms with E-state index in [2.05, 4.69) is 10.4 Å². The summed E-state index contributed by atoms with van der Waals surface area (Å²) in [5.74, 6) is -0.750. The fourth-order valence-electron chi connectivity index (χ4n) is 2.88. The van der Waals surface area contributed by atoms with Crippen LogP contribution in [0.3, 0.4) is 0 Å². The van der Waals surface area contributed by atoms with Crippen LogP contribution in [0.5, 0.6) is 0 Å². The van der Waals surface area contributed by atoms with E-state index in [4.69, 9.17) is 4.74 Å². The number of nitro groups is 1. The van der Waals surface area contributed by atoms with Gasteiger partial charge >= 0.3 is 0 Å². The summed E-state index contributed by atoms with van der Waals surface area (Å²) < 4.78 is 5.82. The first-order valence-electron chi connectivity index (χ1n) is 8.47. The number of carbonyl (C=O) groups excluding carboxylic acids is 2. The number of hydrogen-bond donors (Lipinski definition) is 1. The molecule has 2 aromatic rings. The maximum Gasteiger partial charge on any atom is 0.270 e. The van der Waals surface area contributed by atoms with Gasteiger partial charge in [-0.25, -0.2) is 0 Å². The third-order valence-electron chi connectivity index (χ3n) is 4.10. The molecular formula is C19H18N4O5. The van der Waals surface area contributed by atoms with Crippen LogP contribution in [-0.4, -0.2) is 33.4 Å². The number of anilines is 1. The van der Waals surface area contributed by atoms with E-state index in [-0.39, 0.29) is 23.9 Å². The molecule has 0 unspecified atom stereocenters. The number of hydrazone groups is 1. The minimum Gasteiger partial charge on any atom is -0.447 e. The molecule has 0 radical (unpaired) electrons. The van der Waals surface area contributed by atoms with Crippen molar-refractivity contribution in [1.29, 1.82) is 0 Å². The Hall–Kier alpha value is -3.75. The van der Waals surface area contributed by atoms with Crippen molar-refractivity contribution in [2.75, 3.05) is 5.32 Å². The van der Waals surface area contributed by atoms with Crippen LogP contribution in [0.2, 0.25) is 0 Å². The number of nitrogens with zero attached hydrogens (tertiary/aromatic N) is 3. The van der Waals surface area contributed by atoms with E-state index in [1.54, 1.807) is 37.3 Å². The van der Waals surface area contributed by atoms with E-state index < -0.39 is 16.6 Å². The monoisotopic (exact) mass is 382 g/mol. The van der Waals surface area contributed by atoms with Crippen LogP contribution in [0.1, 0.15) is 25.8 Å². The standard InChI is InChI=1S/C19H18N4O5/c1-13(24)22-19(2,12-17(25)20-15-8-4-3-5-9-15)28-18(21-22)14-7-6-10-16(11-14)23(26)27/h3-11H,12H2,1-2H3,(H,20,25)/t19-/m0/s1. The molecule has 0 saturated heterocycles. The molecular weight excluding hydrogens is 364 g/mol. The highest BCUT2D eigenvalue weighted by Crippen LogP contribution is 2.31. The molecule has 1 aliphatic rings. The first-order valence-corrected chi connectivity index (χ1v) is 8.47. The Morgan fingerprint density at radius 1 is 1.21 bits per heavy atom. The van der Waals surface area contributed by atoms with Gasteiger partial charge in [-0.05, 0) is 25.1 Å². The molecule has 1 atom stereocenters. The van der Waals surface area contributed by atoms with Crippen LogP contribution >= 0.6 is 0 Å². The summed E-state index contributed by atoms with van der Waals surface area (Å²) >= 11 is 0. The second kappa shape index (κ2) is 7.47. The number of rotatable bonds is 5. The summed E-state index contributed by atoms with van der Waals surface area (Å²) in [7, 11) is 0. The average Bonchev–Trinajstić information content (AvgIpc) is 3.00. The van der Waals surface area contributed by atoms with Crippen LogP contribution in [0, 0.1) is 10.1 Å². The van der Waals surface area contributed by atoms with Crippen molar-refractivity contribution in [2.24, 2.45) is 5.10 Å². The Labute approximate surface area is 160 Å². The van der Waals surface area contributed by atoms with E-state index in [1.165, 1.54) is 25.1 Å². The molecule has 0 fully saturated rings. The lowest BCUT2D eigenvalue weighted by Gasteiger charge is -2.30. The van der Waals surface area contributed by atoms with Crippen molar-refractivity contribution in [1.82, 2.24) is 5.01 Å². The molecule has 1 N–H and O–H groups in total. The Morgan fingerprint density at radius 2 is 1.93 bits per heavy atom. The van der Waals surface area contributed by atoms with Gasteiger partial charge in [0.25, 0.3) is 5.69 Å². The quantitative estimate of drug-likeness (QED) is 0.631. The maximum atomic E-state index is 12.5. The molecule has 0 aromatic heterocycles. The first-order chi connectivity index (χ1) is 13.3. The fourth-order valence-corrected chi connectivity index (χ4v) is 2.88. The number of nitrogens with one attached hydrogen (secondary N) is 1. The van der Waals surface area contributed by atoms with Gasteiger partial charge < -0.3 is 10.1 Å². The highest BCUT2D eigenvalue weighted by Gasteiger charge is 2.45. The van der Waals surface area contributed by atoms with Crippen LogP contribution in [0.25, 0.3) is 0 Å². The van der Waals surface area contributed by atoms with Crippen LogP contribution in [0.4, 0.5) is 11.4 Å². The molecule has 0 spiro atoms. The Bertz CT molecular complexity index is 960. The summed E-state index contributed by atoms with van der Waals surface area (Å²) in [6, 6.07) is 14.6. The Morgan fingerprint density at radius 3 is 2.57 bits per heavy atom. The zero-order valence-corrected chi connectivity index (χ0v) is 15.3. The molecule has 9 nitrogen and oxygen atoms in total. The number of para-hydroxylation sites is 1. The van der Waals surface area contributed by atoms with E-state index >= 15 is 0 Å². The fraction of sp³-hybridized carbons (Fsp3) is 0.211. The summed E-state index contributed by atoms with van der Waals surface area (Å²) in [5.41, 5.74) is -0.533. The number of nitro benzene ring substituents is 1. The smallest absolute Gasteiger partial charge is 0.270 e. The summed E-state index contributed by atoms with van der Waals surface area (Å²) in [5, 5.41) is 19.0. The van der Waals surface area contributed by atoms with Gasteiger partial charge in [-0.15, -0.1) is 5.10 Å². The SMILES string of the molecule is CC(=O)N1N=C(c2cccc([N+](=O)[O-])c2)O[C@@]1(C)CC(=O)Nc1ccccc1. The molecule has 144 valence electrons. The van der Waals surface area contributed by atoms with Gasteiger partial charge in [0, 0.05) is 30.3 Å². The topological polar surface area (TPSA) is 114 Å². The number of benzene rings is 2. The van der Waals surface area contributed by atoms with Gasteiger partial charge in [0.2, 0.25) is 23.4 Å². The van der Waals surface area contributed by atoms with Gasteiger partial charge in [0.15, 0.2) is 0 Å². The average molecular weight is 382 g/mol. The maximum absolute atomic E-state index is 12.5. The number of hydrogen-bond acceptors (Lipinski definition) is 6. The predicted octanol–water partition coefficient (Wildman–Crippen LogP) is 2.88. The number of ether oxygens (including phenoxy) is 1. The third kappa shape index (κ3) is 3.98. The highest BCUT2D eigenvalue weighted by molar-refractivity contribution is 5.98. The molecule has 1 aliphatic heterocycles. The largest absolute Gasteiger partial charge is 0.447 e. The van der Waals surface area contributed by atoms with Crippen molar-refractivity contribution in [3.63, 3.8) is 0 Å². The summed E-state index contributed by atoms with van der Waals surface area (Å²) in [4.78, 5) is 35.0. The van der Waals surface area contributed by atoms with Crippen molar-refractivity contribution in [3.8, 4) is 0 Å². The minimum absolute atomic E-state index is 0.0360. The number of carbonyl (C=O) groups is 2. The molecule has 2 amide bonds. The van der Waals surface area contributed by atoms with Crippen LogP contribution in [0.15, 0.2) is 59.7 Å². The van der Waals surface area contributed by atoms with Gasteiger partial charge in [-0.3, -0.25) is 19.7 Å². The third-order valence-corrected chi connectivity index (χ3v) is 4.10. The molecule has 1 heterocycles. The van der Waals surface area contributed by atoms with Gasteiger partial charge in [0.05, 0.1) is 11.3 Å². The molecule has 0 aliphatic carbocycles. The molecule has 2 aromatic carbocycles. The van der Waals surface area contributed by atoms with Gasteiger partial charge in [-0.1, -0.05) is 24.3 Å². The normalized spacial score (nSPS) is 18.2. The zero-order valence-electron chi connectivity index (χ0n) is 15.3. The Balaban J connectivity index is 1.82. The predicted molar refractivity (Wildman–Crippen MR) is 101 cm³/mol. The van der Waals surface area contributed by atoms with E-state index in [1.807, 2.05) is 6.07 Å². The van der Waals surface area contributed by atoms with Crippen molar-refractivity contribution in [3.05, 3.63) is 70.3 Å². The summed E-state index contributed by atoms with van der Waals surface area (Å²) in [6.45, 7) is 2.86. The molecule has 0 bridgehead atoms. The first kappa shape index (κ1) is 19.0. The molecule has 3 rings (SSSR count). The number of non-ortho nitro benzene ring substituents is 1.